The van der Waals surface area contributed by atoms with Crippen molar-refractivity contribution < 1.29 is 5.11 Å². The van der Waals surface area contributed by atoms with E-state index in [9.17, 15) is 5.11 Å². The Morgan fingerprint density at radius 2 is 2.20 bits per heavy atom. The summed E-state index contributed by atoms with van der Waals surface area (Å²) in [5.41, 5.74) is 0. The van der Waals surface area contributed by atoms with E-state index in [1.807, 2.05) is 0 Å². The Balaban J connectivity index is 2.54. The summed E-state index contributed by atoms with van der Waals surface area (Å²) in [6, 6.07) is 0. The fourth-order valence-corrected chi connectivity index (χ4v) is 0. The number of halogens is 1. The first kappa shape index (κ1) is 5.69. The quantitative estimate of drug-likeness (QED) is 0.432. The van der Waals surface area contributed by atoms with Crippen LogP contribution in [0.25, 0.3) is 0 Å². The average molecular weight is 185 g/mol. The van der Waals surface area contributed by atoms with Crippen LogP contribution in [-0.4, -0.2) is 10.5 Å². The molecular formula is C3H6IO. The Labute approximate surface area is 45.5 Å². The molecule has 1 atom stereocenters. The molecule has 0 rings (SSSR count). The Morgan fingerprint density at radius 3 is 2.20 bits per heavy atom. The highest BCUT2D eigenvalue weighted by atomic mass is 127. The second-order valence-electron chi connectivity index (χ2n) is 0.965. The van der Waals surface area contributed by atoms with Gasteiger partial charge >= 0.3 is 0 Å². The van der Waals surface area contributed by atoms with Crippen molar-refractivity contribution >= 4 is 22.6 Å². The maximum Gasteiger partial charge on any atom is 0.0991 e. The molecule has 0 amide bonds. The molecule has 0 aromatic carbocycles. The van der Waals surface area contributed by atoms with E-state index < -0.39 is 0 Å². The zero-order valence-electron chi connectivity index (χ0n) is 3.07. The first-order chi connectivity index (χ1) is 2.27. The number of hydrogen-bond acceptors (Lipinski definition) is 0. The molecule has 0 saturated carbocycles. The molecule has 5 heavy (non-hydrogen) atoms. The third kappa shape index (κ3) is 4.69. The molecule has 0 bridgehead atoms. The van der Waals surface area contributed by atoms with Crippen LogP contribution in [0.5, 0.6) is 0 Å². The molecule has 0 aliphatic heterocycles. The second kappa shape index (κ2) is 2.90. The number of alkyl halides is 1. The van der Waals surface area contributed by atoms with Gasteiger partial charge in [-0.05, 0) is 6.92 Å². The van der Waals surface area contributed by atoms with Gasteiger partial charge in [-0.25, -0.2) is 5.11 Å². The Kier molecular flexibility index (Phi) is 3.30. The van der Waals surface area contributed by atoms with E-state index >= 15 is 0 Å². The molecule has 1 radical (unpaired) electrons. The van der Waals surface area contributed by atoms with Crippen molar-refractivity contribution in [2.45, 2.75) is 13.0 Å². The average Bonchev–Trinajstić information content (AvgIpc) is 1.38. The first-order valence-electron chi connectivity index (χ1n) is 1.49. The fraction of sp³-hybridized carbons (Fsp3) is 1.00. The lowest BCUT2D eigenvalue weighted by molar-refractivity contribution is 0.129. The Bertz CT molecular complexity index is 20.9. The van der Waals surface area contributed by atoms with Crippen molar-refractivity contribution in [1.82, 2.24) is 0 Å². The minimum absolute atomic E-state index is 0.379. The topological polar surface area (TPSA) is 19.9 Å². The summed E-state index contributed by atoms with van der Waals surface area (Å²) < 4.78 is 0.720. The molecule has 0 fully saturated rings. The molecule has 0 saturated heterocycles. The molecule has 1 nitrogen and oxygen atoms in total. The Hall–Kier alpha value is 0.690. The van der Waals surface area contributed by atoms with Crippen LogP contribution in [0.2, 0.25) is 0 Å². The minimum Gasteiger partial charge on any atom is -0.233 e. The van der Waals surface area contributed by atoms with Crippen molar-refractivity contribution in [1.29, 1.82) is 0 Å². The van der Waals surface area contributed by atoms with Gasteiger partial charge in [0.1, 0.15) is 0 Å². The van der Waals surface area contributed by atoms with Gasteiger partial charge in [0.2, 0.25) is 0 Å². The summed E-state index contributed by atoms with van der Waals surface area (Å²) in [5, 5.41) is 9.89. The smallest absolute Gasteiger partial charge is 0.0991 e. The van der Waals surface area contributed by atoms with Crippen LogP contribution in [0.3, 0.4) is 0 Å². The van der Waals surface area contributed by atoms with Crippen LogP contribution in [0.4, 0.5) is 0 Å². The summed E-state index contributed by atoms with van der Waals surface area (Å²) in [6.07, 6.45) is -0.379. The molecule has 0 aliphatic carbocycles. The van der Waals surface area contributed by atoms with Crippen LogP contribution < -0.4 is 0 Å². The van der Waals surface area contributed by atoms with E-state index in [1.165, 1.54) is 0 Å². The summed E-state index contributed by atoms with van der Waals surface area (Å²) in [7, 11) is 0. The summed E-state index contributed by atoms with van der Waals surface area (Å²) in [5.74, 6) is 0. The zero-order chi connectivity index (χ0) is 4.28. The van der Waals surface area contributed by atoms with Gasteiger partial charge in [-0.1, -0.05) is 22.6 Å². The molecule has 1 unspecified atom stereocenters. The predicted molar refractivity (Wildman–Crippen MR) is 29.0 cm³/mol. The second-order valence-corrected chi connectivity index (χ2v) is 1.85. The zero-order valence-corrected chi connectivity index (χ0v) is 5.23. The largest absolute Gasteiger partial charge is 0.233 e. The van der Waals surface area contributed by atoms with Gasteiger partial charge in [-0.3, -0.25) is 0 Å². The third-order valence-electron chi connectivity index (χ3n) is 0.217. The van der Waals surface area contributed by atoms with Crippen molar-refractivity contribution in [3.05, 3.63) is 0 Å². The first-order valence-corrected chi connectivity index (χ1v) is 3.01. The van der Waals surface area contributed by atoms with E-state index in [0.717, 1.165) is 4.43 Å². The standard InChI is InChI=1S/C3H6IO/c1-3(5)2-4/h3H,2H2,1H3. The molecule has 0 spiro atoms. The molecule has 0 heterocycles. The van der Waals surface area contributed by atoms with E-state index in [2.05, 4.69) is 22.6 Å². The summed E-state index contributed by atoms with van der Waals surface area (Å²) in [4.78, 5) is 0. The molecule has 0 aliphatic rings. The van der Waals surface area contributed by atoms with Crippen molar-refractivity contribution in [2.75, 3.05) is 4.43 Å². The van der Waals surface area contributed by atoms with Crippen LogP contribution in [0.1, 0.15) is 6.92 Å². The van der Waals surface area contributed by atoms with Gasteiger partial charge in [-0.15, -0.1) is 0 Å². The van der Waals surface area contributed by atoms with E-state index in [1.54, 1.807) is 6.92 Å². The highest BCUT2D eigenvalue weighted by Crippen LogP contribution is 1.86. The predicted octanol–water partition coefficient (Wildman–Crippen LogP) is 1.24. The SMILES string of the molecule is CC([O])CI. The summed E-state index contributed by atoms with van der Waals surface area (Å²) >= 11 is 2.06. The lowest BCUT2D eigenvalue weighted by atomic mass is 10.5. The van der Waals surface area contributed by atoms with Crippen molar-refractivity contribution in [3.8, 4) is 0 Å². The number of rotatable bonds is 1. The maximum atomic E-state index is 9.89. The van der Waals surface area contributed by atoms with Gasteiger partial charge in [-0.2, -0.15) is 0 Å². The van der Waals surface area contributed by atoms with E-state index in [-0.39, 0.29) is 6.10 Å². The normalized spacial score (nSPS) is 15.0. The maximum absolute atomic E-state index is 9.89. The fourth-order valence-electron chi connectivity index (χ4n) is 0. The molecular weight excluding hydrogens is 179 g/mol. The van der Waals surface area contributed by atoms with Crippen LogP contribution in [-0.2, 0) is 5.11 Å². The van der Waals surface area contributed by atoms with Crippen LogP contribution >= 0.6 is 22.6 Å². The van der Waals surface area contributed by atoms with Crippen molar-refractivity contribution in [2.24, 2.45) is 0 Å². The van der Waals surface area contributed by atoms with Crippen molar-refractivity contribution in [3.63, 3.8) is 0 Å². The van der Waals surface area contributed by atoms with Crippen LogP contribution in [0.15, 0.2) is 0 Å². The lowest BCUT2D eigenvalue weighted by Gasteiger charge is -1.84. The van der Waals surface area contributed by atoms with Crippen LogP contribution in [0, 0.1) is 0 Å². The molecule has 0 N–H and O–H groups in total. The third-order valence-corrected chi connectivity index (χ3v) is 1.46. The van der Waals surface area contributed by atoms with Gasteiger partial charge in [0.05, 0.1) is 6.10 Å². The van der Waals surface area contributed by atoms with Gasteiger partial charge in [0.25, 0.3) is 0 Å². The van der Waals surface area contributed by atoms with E-state index in [4.69, 9.17) is 0 Å². The molecule has 2 heteroatoms. The minimum atomic E-state index is -0.379. The monoisotopic (exact) mass is 185 g/mol. The molecule has 31 valence electrons. The lowest BCUT2D eigenvalue weighted by Crippen LogP contribution is -1.95. The summed E-state index contributed by atoms with van der Waals surface area (Å²) in [6.45, 7) is 1.66. The highest BCUT2D eigenvalue weighted by Gasteiger charge is 1.86. The van der Waals surface area contributed by atoms with E-state index in [0.29, 0.717) is 0 Å². The Morgan fingerprint density at radius 1 is 2.00 bits per heavy atom. The van der Waals surface area contributed by atoms with Gasteiger partial charge < -0.3 is 0 Å². The number of hydrogen-bond donors (Lipinski definition) is 0. The molecule has 0 aromatic rings. The van der Waals surface area contributed by atoms with Gasteiger partial charge in [0.15, 0.2) is 0 Å². The molecule has 0 aromatic heterocycles. The van der Waals surface area contributed by atoms with Gasteiger partial charge in [0, 0.05) is 4.43 Å². The highest BCUT2D eigenvalue weighted by molar-refractivity contribution is 14.1.